The minimum Gasteiger partial charge on any atom is -0.354 e. The summed E-state index contributed by atoms with van der Waals surface area (Å²) in [5, 5.41) is 3.25. The number of likely N-dealkylation sites (tertiary alicyclic amines) is 1. The van der Waals surface area contributed by atoms with Crippen LogP contribution < -0.4 is 5.32 Å². The number of unbranched alkanes of at least 4 members (excludes halogenated alkanes) is 2. The number of carbonyl (C=O) groups is 1. The van der Waals surface area contributed by atoms with E-state index in [0.29, 0.717) is 17.7 Å². The van der Waals surface area contributed by atoms with Gasteiger partial charge in [-0.3, -0.25) is 4.79 Å². The molecule has 1 aliphatic heterocycles. The molecule has 128 valence electrons. The molecule has 1 amide bonds. The second-order valence-corrected chi connectivity index (χ2v) is 6.41. The van der Waals surface area contributed by atoms with Crippen LogP contribution in [-0.2, 0) is 0 Å². The van der Waals surface area contributed by atoms with E-state index >= 15 is 0 Å². The average molecular weight is 318 g/mol. The Kier molecular flexibility index (Phi) is 6.81. The molecule has 1 aliphatic rings. The lowest BCUT2D eigenvalue weighted by Crippen LogP contribution is -2.43. The van der Waals surface area contributed by atoms with Gasteiger partial charge in [0.05, 0.1) is 0 Å². The summed E-state index contributed by atoms with van der Waals surface area (Å²) in [6, 6.07) is 2.16. The first-order valence-electron chi connectivity index (χ1n) is 9.06. The number of nitrogens with zero attached hydrogens (tertiary/aromatic N) is 3. The monoisotopic (exact) mass is 318 g/mol. The molecule has 1 aromatic rings. The molecular formula is C18H30N4O. The Hall–Kier alpha value is -1.65. The van der Waals surface area contributed by atoms with Crippen molar-refractivity contribution < 1.29 is 4.79 Å². The highest BCUT2D eigenvalue weighted by Crippen LogP contribution is 2.21. The molecule has 1 fully saturated rings. The molecule has 1 atom stereocenters. The third-order valence-electron chi connectivity index (χ3n) is 4.50. The van der Waals surface area contributed by atoms with Gasteiger partial charge in [0.1, 0.15) is 5.69 Å². The number of carbonyl (C=O) groups excluding carboxylic acids is 1. The number of rotatable bonds is 7. The Balaban J connectivity index is 2.08. The predicted octanol–water partition coefficient (Wildman–Crippen LogP) is 3.79. The van der Waals surface area contributed by atoms with Crippen molar-refractivity contribution >= 4 is 11.9 Å². The third kappa shape index (κ3) is 4.91. The van der Waals surface area contributed by atoms with Gasteiger partial charge < -0.3 is 10.2 Å². The summed E-state index contributed by atoms with van der Waals surface area (Å²) < 4.78 is 0. The van der Waals surface area contributed by atoms with E-state index < -0.39 is 0 Å². The van der Waals surface area contributed by atoms with Crippen molar-refractivity contribution in [3.63, 3.8) is 0 Å². The van der Waals surface area contributed by atoms with Gasteiger partial charge in [-0.05, 0) is 45.1 Å². The van der Waals surface area contributed by atoms with Crippen LogP contribution in [-0.4, -0.2) is 39.9 Å². The van der Waals surface area contributed by atoms with E-state index in [4.69, 9.17) is 0 Å². The SMILES string of the molecule is CCCCCNc1nc(C)cc(C(=O)N2CCCCC2CC)n1. The highest BCUT2D eigenvalue weighted by Gasteiger charge is 2.27. The predicted molar refractivity (Wildman–Crippen MR) is 93.8 cm³/mol. The van der Waals surface area contributed by atoms with Crippen LogP contribution >= 0.6 is 0 Å². The first-order valence-corrected chi connectivity index (χ1v) is 9.06. The van der Waals surface area contributed by atoms with Crippen molar-refractivity contribution in [3.8, 4) is 0 Å². The van der Waals surface area contributed by atoms with Crippen LogP contribution in [0.25, 0.3) is 0 Å². The largest absolute Gasteiger partial charge is 0.354 e. The molecule has 5 nitrogen and oxygen atoms in total. The van der Waals surface area contributed by atoms with E-state index in [-0.39, 0.29) is 5.91 Å². The highest BCUT2D eigenvalue weighted by atomic mass is 16.2. The molecule has 2 heterocycles. The lowest BCUT2D eigenvalue weighted by atomic mass is 9.99. The van der Waals surface area contributed by atoms with Gasteiger partial charge in [-0.2, -0.15) is 0 Å². The highest BCUT2D eigenvalue weighted by molar-refractivity contribution is 5.93. The molecule has 1 N–H and O–H groups in total. The fourth-order valence-corrected chi connectivity index (χ4v) is 3.17. The van der Waals surface area contributed by atoms with Crippen molar-refractivity contribution in [2.45, 2.75) is 71.8 Å². The van der Waals surface area contributed by atoms with Gasteiger partial charge in [-0.15, -0.1) is 0 Å². The second-order valence-electron chi connectivity index (χ2n) is 6.41. The molecule has 1 aromatic heterocycles. The zero-order valence-corrected chi connectivity index (χ0v) is 14.8. The van der Waals surface area contributed by atoms with Crippen LogP contribution in [0, 0.1) is 6.92 Å². The topological polar surface area (TPSA) is 58.1 Å². The molecular weight excluding hydrogens is 288 g/mol. The zero-order valence-electron chi connectivity index (χ0n) is 14.8. The molecule has 1 unspecified atom stereocenters. The minimum absolute atomic E-state index is 0.0543. The Morgan fingerprint density at radius 2 is 2.13 bits per heavy atom. The van der Waals surface area contributed by atoms with E-state index in [1.807, 2.05) is 11.8 Å². The van der Waals surface area contributed by atoms with Gasteiger partial charge >= 0.3 is 0 Å². The van der Waals surface area contributed by atoms with Crippen LogP contribution in [0.15, 0.2) is 6.07 Å². The molecule has 5 heteroatoms. The van der Waals surface area contributed by atoms with Crippen LogP contribution in [0.2, 0.25) is 0 Å². The Bertz CT molecular complexity index is 518. The standard InChI is InChI=1S/C18H30N4O/c1-4-6-8-11-19-18-20-14(3)13-16(21-18)17(23)22-12-9-7-10-15(22)5-2/h13,15H,4-12H2,1-3H3,(H,19,20,21). The van der Waals surface area contributed by atoms with E-state index in [2.05, 4.69) is 29.1 Å². The summed E-state index contributed by atoms with van der Waals surface area (Å²) >= 11 is 0. The Morgan fingerprint density at radius 1 is 1.30 bits per heavy atom. The van der Waals surface area contributed by atoms with E-state index in [1.54, 1.807) is 6.07 Å². The third-order valence-corrected chi connectivity index (χ3v) is 4.50. The summed E-state index contributed by atoms with van der Waals surface area (Å²) in [5.41, 5.74) is 1.36. The normalized spacial score (nSPS) is 18.0. The molecule has 0 spiro atoms. The number of nitrogens with one attached hydrogen (secondary N) is 1. The average Bonchev–Trinajstić information content (AvgIpc) is 2.57. The summed E-state index contributed by atoms with van der Waals surface area (Å²) in [6.45, 7) is 7.96. The summed E-state index contributed by atoms with van der Waals surface area (Å²) in [7, 11) is 0. The molecule has 1 saturated heterocycles. The van der Waals surface area contributed by atoms with Gasteiger partial charge in [-0.1, -0.05) is 26.7 Å². The van der Waals surface area contributed by atoms with Crippen molar-refractivity contribution in [3.05, 3.63) is 17.5 Å². The zero-order chi connectivity index (χ0) is 16.7. The van der Waals surface area contributed by atoms with Crippen LogP contribution in [0.3, 0.4) is 0 Å². The van der Waals surface area contributed by atoms with Crippen LogP contribution in [0.5, 0.6) is 0 Å². The molecule has 23 heavy (non-hydrogen) atoms. The number of anilines is 1. The number of amides is 1. The molecule has 0 bridgehead atoms. The fourth-order valence-electron chi connectivity index (χ4n) is 3.17. The van der Waals surface area contributed by atoms with E-state index in [9.17, 15) is 4.79 Å². The van der Waals surface area contributed by atoms with Crippen LogP contribution in [0.4, 0.5) is 5.95 Å². The molecule has 0 aromatic carbocycles. The second kappa shape index (κ2) is 8.85. The van der Waals surface area contributed by atoms with Crippen molar-refractivity contribution in [2.75, 3.05) is 18.4 Å². The molecule has 2 rings (SSSR count). The van der Waals surface area contributed by atoms with Gasteiger partial charge in [0, 0.05) is 24.8 Å². The molecule has 0 aliphatic carbocycles. The Morgan fingerprint density at radius 3 is 2.87 bits per heavy atom. The maximum absolute atomic E-state index is 12.9. The quantitative estimate of drug-likeness (QED) is 0.777. The molecule has 0 radical (unpaired) electrons. The van der Waals surface area contributed by atoms with Gasteiger partial charge in [0.15, 0.2) is 0 Å². The number of hydrogen-bond acceptors (Lipinski definition) is 4. The maximum atomic E-state index is 12.9. The first kappa shape index (κ1) is 17.7. The number of hydrogen-bond donors (Lipinski definition) is 1. The first-order chi connectivity index (χ1) is 11.2. The van der Waals surface area contributed by atoms with Gasteiger partial charge in [0.2, 0.25) is 5.95 Å². The maximum Gasteiger partial charge on any atom is 0.272 e. The number of aryl methyl sites for hydroxylation is 1. The van der Waals surface area contributed by atoms with Gasteiger partial charge in [-0.25, -0.2) is 9.97 Å². The number of aromatic nitrogens is 2. The lowest BCUT2D eigenvalue weighted by molar-refractivity contribution is 0.0602. The lowest BCUT2D eigenvalue weighted by Gasteiger charge is -2.35. The van der Waals surface area contributed by atoms with Gasteiger partial charge in [0.25, 0.3) is 5.91 Å². The van der Waals surface area contributed by atoms with Crippen molar-refractivity contribution in [1.29, 1.82) is 0 Å². The van der Waals surface area contributed by atoms with E-state index in [0.717, 1.165) is 44.5 Å². The minimum atomic E-state index is 0.0543. The summed E-state index contributed by atoms with van der Waals surface area (Å²) in [5.74, 6) is 0.633. The van der Waals surface area contributed by atoms with E-state index in [1.165, 1.54) is 19.3 Å². The fraction of sp³-hybridized carbons (Fsp3) is 0.722. The Labute approximate surface area is 139 Å². The van der Waals surface area contributed by atoms with Crippen molar-refractivity contribution in [2.24, 2.45) is 0 Å². The number of piperidine rings is 1. The van der Waals surface area contributed by atoms with Crippen LogP contribution in [0.1, 0.15) is 75.0 Å². The van der Waals surface area contributed by atoms with Crippen molar-refractivity contribution in [1.82, 2.24) is 14.9 Å². The molecule has 0 saturated carbocycles. The smallest absolute Gasteiger partial charge is 0.272 e. The summed E-state index contributed by atoms with van der Waals surface area (Å²) in [6.07, 6.45) is 7.90. The summed E-state index contributed by atoms with van der Waals surface area (Å²) in [4.78, 5) is 23.7.